The Morgan fingerprint density at radius 3 is 1.23 bits per heavy atom. The van der Waals surface area contributed by atoms with Crippen LogP contribution in [0.1, 0.15) is 134 Å². The molecule has 0 spiro atoms. The Balaban J connectivity index is 1.62. The number of hydrogen-bond donors (Lipinski definition) is 5. The van der Waals surface area contributed by atoms with E-state index in [1.165, 1.54) is 0 Å². The molecule has 3 aliphatic rings. The molecule has 7 rings (SSSR count). The van der Waals surface area contributed by atoms with Gasteiger partial charge in [0.05, 0.1) is 12.1 Å². The summed E-state index contributed by atoms with van der Waals surface area (Å²) in [6.45, 7) is 21.2. The molecule has 4 amide bonds. The SMILES string of the molecule is Cc1c2nc3n1Cc1cccc(c1)CNCc1cccc(c1)Cn1c(nc(c1C)C(=O)NC(C(C)C)C(=O)NC3C(C)C)C(C(C)C)NC(=O)C(C(C)C)NC2=O. The molecule has 3 aliphatic heterocycles. The highest BCUT2D eigenvalue weighted by Crippen LogP contribution is 2.29. The van der Waals surface area contributed by atoms with Gasteiger partial charge in [0.2, 0.25) is 11.8 Å². The van der Waals surface area contributed by atoms with Crippen LogP contribution in [-0.4, -0.2) is 54.8 Å². The molecule has 13 heteroatoms. The van der Waals surface area contributed by atoms with Crippen LogP contribution in [-0.2, 0) is 35.8 Å². The molecule has 0 aliphatic carbocycles. The van der Waals surface area contributed by atoms with E-state index in [0.717, 1.165) is 22.3 Å². The van der Waals surface area contributed by atoms with Gasteiger partial charge in [-0.15, -0.1) is 0 Å². The lowest BCUT2D eigenvalue weighted by molar-refractivity contribution is -0.125. The fourth-order valence-corrected chi connectivity index (χ4v) is 7.84. The van der Waals surface area contributed by atoms with E-state index in [0.29, 0.717) is 49.2 Å². The van der Waals surface area contributed by atoms with E-state index in [1.54, 1.807) is 0 Å². The highest BCUT2D eigenvalue weighted by Gasteiger charge is 2.37. The number of fused-ring (bicyclic) bond motifs is 12. The van der Waals surface area contributed by atoms with Crippen molar-refractivity contribution in [2.24, 2.45) is 23.7 Å². The van der Waals surface area contributed by atoms with E-state index in [9.17, 15) is 19.2 Å². The van der Waals surface area contributed by atoms with E-state index in [2.05, 4.69) is 50.8 Å². The molecule has 10 bridgehead atoms. The Labute approximate surface area is 336 Å². The number of rotatable bonds is 4. The summed E-state index contributed by atoms with van der Waals surface area (Å²) < 4.78 is 3.97. The van der Waals surface area contributed by atoms with Crippen molar-refractivity contribution in [3.8, 4) is 0 Å². The topological polar surface area (TPSA) is 164 Å². The number of imidazole rings is 2. The lowest BCUT2D eigenvalue weighted by Gasteiger charge is -2.28. The number of benzene rings is 2. The Bertz CT molecular complexity index is 2000. The molecule has 4 atom stereocenters. The van der Waals surface area contributed by atoms with Crippen molar-refractivity contribution in [1.29, 1.82) is 0 Å². The second-order valence-corrected chi connectivity index (χ2v) is 17.1. The first-order valence-electron chi connectivity index (χ1n) is 20.3. The maximum Gasteiger partial charge on any atom is 0.272 e. The van der Waals surface area contributed by atoms with Gasteiger partial charge >= 0.3 is 0 Å². The van der Waals surface area contributed by atoms with Gasteiger partial charge in [-0.25, -0.2) is 9.97 Å². The monoisotopic (exact) mass is 777 g/mol. The van der Waals surface area contributed by atoms with Crippen molar-refractivity contribution in [2.45, 2.75) is 120 Å². The zero-order valence-electron chi connectivity index (χ0n) is 35.0. The number of amides is 4. The van der Waals surface area contributed by atoms with Gasteiger partial charge in [0.25, 0.3) is 11.8 Å². The Morgan fingerprint density at radius 1 is 0.526 bits per heavy atom. The van der Waals surface area contributed by atoms with Crippen LogP contribution in [0, 0.1) is 37.5 Å². The quantitative estimate of drug-likeness (QED) is 0.189. The van der Waals surface area contributed by atoms with Gasteiger partial charge in [0.15, 0.2) is 0 Å². The van der Waals surface area contributed by atoms with E-state index in [-0.39, 0.29) is 46.9 Å². The van der Waals surface area contributed by atoms with Gasteiger partial charge in [0.1, 0.15) is 35.1 Å². The molecule has 0 saturated carbocycles. The summed E-state index contributed by atoms with van der Waals surface area (Å²) in [5, 5.41) is 16.1. The minimum Gasteiger partial charge on any atom is -0.344 e. The molecule has 13 nitrogen and oxygen atoms in total. The Kier molecular flexibility index (Phi) is 12.4. The molecule has 0 radical (unpaired) electrons. The first kappa shape index (κ1) is 41.3. The first-order valence-corrected chi connectivity index (χ1v) is 20.3. The number of nitrogens with one attached hydrogen (secondary N) is 5. The number of nitrogens with zero attached hydrogens (tertiary/aromatic N) is 4. The third kappa shape index (κ3) is 8.83. The van der Waals surface area contributed by atoms with Gasteiger partial charge in [-0.05, 0) is 59.8 Å². The predicted molar refractivity (Wildman–Crippen MR) is 219 cm³/mol. The molecular weight excluding hydrogens is 719 g/mol. The number of carbonyl (C=O) groups excluding carboxylic acids is 4. The van der Waals surface area contributed by atoms with Gasteiger partial charge in [0, 0.05) is 37.6 Å². The van der Waals surface area contributed by atoms with Gasteiger partial charge in [-0.2, -0.15) is 0 Å². The molecular formula is C44H59N9O4. The summed E-state index contributed by atoms with van der Waals surface area (Å²) in [5.74, 6) is -1.55. The van der Waals surface area contributed by atoms with E-state index < -0.39 is 36.0 Å². The average Bonchev–Trinajstić information content (AvgIpc) is 3.64. The Morgan fingerprint density at radius 2 is 0.877 bits per heavy atom. The van der Waals surface area contributed by atoms with Gasteiger partial charge < -0.3 is 35.7 Å². The zero-order valence-corrected chi connectivity index (χ0v) is 35.0. The second-order valence-electron chi connectivity index (χ2n) is 17.1. The maximum absolute atomic E-state index is 14.4. The second kappa shape index (κ2) is 17.1. The number of carbonyl (C=O) groups is 4. The molecule has 5 heterocycles. The molecule has 4 aromatic rings. The van der Waals surface area contributed by atoms with Crippen molar-refractivity contribution in [2.75, 3.05) is 0 Å². The van der Waals surface area contributed by atoms with E-state index in [4.69, 9.17) is 9.97 Å². The van der Waals surface area contributed by atoms with Crippen LogP contribution in [0.3, 0.4) is 0 Å². The van der Waals surface area contributed by atoms with Crippen LogP contribution in [0.25, 0.3) is 0 Å². The fraction of sp³-hybridized carbons (Fsp3) is 0.500. The largest absolute Gasteiger partial charge is 0.344 e. The van der Waals surface area contributed by atoms with E-state index in [1.807, 2.05) is 103 Å². The summed E-state index contributed by atoms with van der Waals surface area (Å²) in [7, 11) is 0. The average molecular weight is 778 g/mol. The molecule has 2 aromatic carbocycles. The highest BCUT2D eigenvalue weighted by molar-refractivity contribution is 5.98. The molecule has 57 heavy (non-hydrogen) atoms. The van der Waals surface area contributed by atoms with Crippen LogP contribution in [0.15, 0.2) is 48.5 Å². The molecule has 5 N–H and O–H groups in total. The molecule has 0 fully saturated rings. The third-order valence-electron chi connectivity index (χ3n) is 11.2. The maximum atomic E-state index is 14.4. The number of hydrogen-bond acceptors (Lipinski definition) is 7. The van der Waals surface area contributed by atoms with Crippen LogP contribution in [0.5, 0.6) is 0 Å². The Hall–Kier alpha value is -5.30. The van der Waals surface area contributed by atoms with E-state index >= 15 is 0 Å². The summed E-state index contributed by atoms with van der Waals surface area (Å²) in [6.07, 6.45) is 0. The lowest BCUT2D eigenvalue weighted by atomic mass is 9.99. The fourth-order valence-electron chi connectivity index (χ4n) is 7.84. The minimum absolute atomic E-state index is 0.152. The molecule has 0 saturated heterocycles. The standard InChI is InChI=1S/C44H59N9O4/c1-23(2)33-39-46-37-27(9)52(39)21-31-15-11-13-29(17-31)19-45-20-30-14-12-16-32(18-30)22-53-28(10)38(44(57)50-35(25(5)6)41(54)48-33)47-40(53)34(24(3)4)49-42(55)36(26(7)8)51-43(37)56/h11-18,23-26,33-36,45H,19-22H2,1-10H3,(H,48,54)(H,49,55)(H,50,57)(H,51,56). The minimum atomic E-state index is -0.913. The van der Waals surface area contributed by atoms with Gasteiger partial charge in [-0.1, -0.05) is 104 Å². The van der Waals surface area contributed by atoms with Crippen molar-refractivity contribution in [1.82, 2.24) is 45.7 Å². The summed E-state index contributed by atoms with van der Waals surface area (Å²) in [5.41, 5.74) is 5.76. The van der Waals surface area contributed by atoms with Crippen LogP contribution in [0.4, 0.5) is 0 Å². The van der Waals surface area contributed by atoms with Crippen molar-refractivity contribution >= 4 is 23.6 Å². The molecule has 4 unspecified atom stereocenters. The summed E-state index contributed by atoms with van der Waals surface area (Å²) in [6, 6.07) is 13.5. The summed E-state index contributed by atoms with van der Waals surface area (Å²) in [4.78, 5) is 67.5. The lowest BCUT2D eigenvalue weighted by Crippen LogP contribution is -2.52. The van der Waals surface area contributed by atoms with Crippen molar-refractivity contribution in [3.05, 3.63) is 105 Å². The van der Waals surface area contributed by atoms with Crippen LogP contribution < -0.4 is 26.6 Å². The normalized spacial score (nSPS) is 21.1. The predicted octanol–water partition coefficient (Wildman–Crippen LogP) is 5.25. The number of aromatic nitrogens is 4. The van der Waals surface area contributed by atoms with Crippen LogP contribution >= 0.6 is 0 Å². The van der Waals surface area contributed by atoms with Crippen molar-refractivity contribution in [3.63, 3.8) is 0 Å². The summed E-state index contributed by atoms with van der Waals surface area (Å²) >= 11 is 0. The molecule has 304 valence electrons. The molecule has 2 aromatic heterocycles. The first-order chi connectivity index (χ1) is 27.0. The van der Waals surface area contributed by atoms with Crippen molar-refractivity contribution < 1.29 is 19.2 Å². The highest BCUT2D eigenvalue weighted by atomic mass is 16.2. The van der Waals surface area contributed by atoms with Gasteiger partial charge in [-0.3, -0.25) is 19.2 Å². The third-order valence-corrected chi connectivity index (χ3v) is 11.2. The zero-order chi connectivity index (χ0) is 41.3. The smallest absolute Gasteiger partial charge is 0.272 e. The van der Waals surface area contributed by atoms with Crippen LogP contribution in [0.2, 0.25) is 0 Å².